The minimum atomic E-state index is -0.227. The second-order valence-corrected chi connectivity index (χ2v) is 8.05. The number of hydrogen-bond donors (Lipinski definition) is 3. The van der Waals surface area contributed by atoms with Gasteiger partial charge in [-0.2, -0.15) is 0 Å². The fourth-order valence-electron chi connectivity index (χ4n) is 4.09. The number of H-pyrrole nitrogens is 1. The summed E-state index contributed by atoms with van der Waals surface area (Å²) in [5, 5.41) is 7.74. The third-order valence-corrected chi connectivity index (χ3v) is 6.05. The number of anilines is 1. The van der Waals surface area contributed by atoms with E-state index in [2.05, 4.69) is 54.5 Å². The van der Waals surface area contributed by atoms with E-state index in [4.69, 9.17) is 0 Å². The van der Waals surface area contributed by atoms with Gasteiger partial charge in [-0.1, -0.05) is 13.0 Å². The lowest BCUT2D eigenvalue weighted by Gasteiger charge is -2.34. The van der Waals surface area contributed by atoms with Crippen LogP contribution in [0, 0.1) is 5.82 Å². The molecule has 1 aliphatic heterocycles. The Morgan fingerprint density at radius 2 is 2.00 bits per heavy atom. The van der Waals surface area contributed by atoms with Crippen molar-refractivity contribution in [1.82, 2.24) is 25.5 Å². The zero-order valence-electron chi connectivity index (χ0n) is 18.9. The highest BCUT2D eigenvalue weighted by Gasteiger charge is 2.16. The molecule has 0 bridgehead atoms. The summed E-state index contributed by atoms with van der Waals surface area (Å²) in [5.74, 6) is 1.57. The molecule has 8 heteroatoms. The van der Waals surface area contributed by atoms with Crippen molar-refractivity contribution in [3.8, 4) is 0 Å². The Morgan fingerprint density at radius 3 is 2.72 bits per heavy atom. The molecule has 32 heavy (non-hydrogen) atoms. The molecule has 7 nitrogen and oxygen atoms in total. The van der Waals surface area contributed by atoms with Gasteiger partial charge in [0.1, 0.15) is 11.6 Å². The second-order valence-electron chi connectivity index (χ2n) is 8.05. The molecule has 3 N–H and O–H groups in total. The summed E-state index contributed by atoms with van der Waals surface area (Å²) in [5.41, 5.74) is 3.09. The maximum Gasteiger partial charge on any atom is 0.191 e. The van der Waals surface area contributed by atoms with Crippen LogP contribution in [0.4, 0.5) is 10.2 Å². The summed E-state index contributed by atoms with van der Waals surface area (Å²) in [7, 11) is 1.76. The zero-order valence-corrected chi connectivity index (χ0v) is 18.9. The molecule has 1 fully saturated rings. The van der Waals surface area contributed by atoms with E-state index in [1.807, 2.05) is 18.5 Å². The van der Waals surface area contributed by atoms with E-state index < -0.39 is 0 Å². The minimum absolute atomic E-state index is 0.227. The fraction of sp³-hybridized carbons (Fsp3) is 0.417. The maximum atomic E-state index is 13.4. The molecule has 0 saturated carbocycles. The number of nitrogens with zero attached hydrogens (tertiary/aromatic N) is 4. The van der Waals surface area contributed by atoms with Gasteiger partial charge in [-0.25, -0.2) is 9.37 Å². The Labute approximate surface area is 188 Å². The lowest BCUT2D eigenvalue weighted by atomic mass is 10.1. The van der Waals surface area contributed by atoms with Crippen molar-refractivity contribution < 1.29 is 4.39 Å². The second kappa shape index (κ2) is 10.5. The number of aromatic amines is 1. The van der Waals surface area contributed by atoms with E-state index in [-0.39, 0.29) is 5.82 Å². The summed E-state index contributed by atoms with van der Waals surface area (Å²) in [6, 6.07) is 9.08. The van der Waals surface area contributed by atoms with Crippen LogP contribution in [0.1, 0.15) is 18.1 Å². The van der Waals surface area contributed by atoms with Gasteiger partial charge in [0.2, 0.25) is 0 Å². The van der Waals surface area contributed by atoms with Gasteiger partial charge < -0.3 is 25.4 Å². The first-order valence-corrected chi connectivity index (χ1v) is 11.3. The van der Waals surface area contributed by atoms with Gasteiger partial charge in [-0.3, -0.25) is 4.99 Å². The van der Waals surface area contributed by atoms with E-state index in [1.165, 1.54) is 12.1 Å². The average molecular weight is 438 g/mol. The van der Waals surface area contributed by atoms with Gasteiger partial charge in [0, 0.05) is 69.6 Å². The van der Waals surface area contributed by atoms with Crippen LogP contribution in [0.25, 0.3) is 10.9 Å². The van der Waals surface area contributed by atoms with E-state index in [0.29, 0.717) is 6.54 Å². The Hall–Kier alpha value is -3.13. The SMILES string of the molecule is CCN1CCN(c2ccc(CNC(=NC)NCCc3c[nH]c4cc(F)ccc34)cn2)CC1. The summed E-state index contributed by atoms with van der Waals surface area (Å²) in [6.45, 7) is 8.96. The average Bonchev–Trinajstić information content (AvgIpc) is 3.23. The molecule has 1 aliphatic rings. The van der Waals surface area contributed by atoms with Crippen LogP contribution in [-0.4, -0.2) is 67.1 Å². The number of nitrogens with one attached hydrogen (secondary N) is 3. The molecule has 0 radical (unpaired) electrons. The van der Waals surface area contributed by atoms with Crippen molar-refractivity contribution in [2.45, 2.75) is 19.9 Å². The molecule has 3 heterocycles. The number of pyridine rings is 1. The van der Waals surface area contributed by atoms with Crippen LogP contribution in [0.3, 0.4) is 0 Å². The number of benzene rings is 1. The third kappa shape index (κ3) is 5.37. The number of fused-ring (bicyclic) bond motifs is 1. The van der Waals surface area contributed by atoms with E-state index in [9.17, 15) is 4.39 Å². The molecular formula is C24H32FN7. The molecule has 0 amide bonds. The lowest BCUT2D eigenvalue weighted by molar-refractivity contribution is 0.270. The van der Waals surface area contributed by atoms with Crippen molar-refractivity contribution in [3.05, 3.63) is 59.7 Å². The van der Waals surface area contributed by atoms with Crippen molar-refractivity contribution in [1.29, 1.82) is 0 Å². The Kier molecular flexibility index (Phi) is 7.21. The topological polar surface area (TPSA) is 71.6 Å². The quantitative estimate of drug-likeness (QED) is 0.392. The normalized spacial score (nSPS) is 15.3. The number of aliphatic imine (C=N–C) groups is 1. The highest BCUT2D eigenvalue weighted by molar-refractivity contribution is 5.83. The van der Waals surface area contributed by atoms with Crippen molar-refractivity contribution in [2.75, 3.05) is 51.2 Å². The molecule has 1 aromatic carbocycles. The molecule has 4 rings (SSSR count). The van der Waals surface area contributed by atoms with Crippen LogP contribution in [0.15, 0.2) is 47.7 Å². The van der Waals surface area contributed by atoms with Crippen molar-refractivity contribution in [2.24, 2.45) is 4.99 Å². The van der Waals surface area contributed by atoms with Gasteiger partial charge in [0.25, 0.3) is 0 Å². The van der Waals surface area contributed by atoms with Crippen LogP contribution in [0.5, 0.6) is 0 Å². The van der Waals surface area contributed by atoms with Crippen molar-refractivity contribution >= 4 is 22.7 Å². The fourth-order valence-corrected chi connectivity index (χ4v) is 4.09. The van der Waals surface area contributed by atoms with Gasteiger partial charge in [0.05, 0.1) is 0 Å². The predicted molar refractivity (Wildman–Crippen MR) is 129 cm³/mol. The highest BCUT2D eigenvalue weighted by atomic mass is 19.1. The number of piperazine rings is 1. The summed E-state index contributed by atoms with van der Waals surface area (Å²) >= 11 is 0. The zero-order chi connectivity index (χ0) is 22.3. The third-order valence-electron chi connectivity index (χ3n) is 6.05. The summed E-state index contributed by atoms with van der Waals surface area (Å²) in [6.07, 6.45) is 4.69. The number of aromatic nitrogens is 2. The Balaban J connectivity index is 1.23. The number of hydrogen-bond acceptors (Lipinski definition) is 4. The largest absolute Gasteiger partial charge is 0.361 e. The Morgan fingerprint density at radius 1 is 1.16 bits per heavy atom. The number of likely N-dealkylation sites (N-methyl/N-ethyl adjacent to an activating group) is 1. The Bertz CT molecular complexity index is 1040. The minimum Gasteiger partial charge on any atom is -0.361 e. The molecule has 170 valence electrons. The van der Waals surface area contributed by atoms with Crippen LogP contribution >= 0.6 is 0 Å². The molecule has 0 unspecified atom stereocenters. The first-order chi connectivity index (χ1) is 15.7. The number of guanidine groups is 1. The van der Waals surface area contributed by atoms with E-state index in [0.717, 1.165) is 79.5 Å². The molecule has 2 aromatic heterocycles. The predicted octanol–water partition coefficient (Wildman–Crippen LogP) is 2.75. The monoisotopic (exact) mass is 437 g/mol. The van der Waals surface area contributed by atoms with Crippen LogP contribution in [-0.2, 0) is 13.0 Å². The van der Waals surface area contributed by atoms with Crippen molar-refractivity contribution in [3.63, 3.8) is 0 Å². The summed E-state index contributed by atoms with van der Waals surface area (Å²) < 4.78 is 13.4. The number of halogens is 1. The first-order valence-electron chi connectivity index (χ1n) is 11.3. The maximum absolute atomic E-state index is 13.4. The first kappa shape index (κ1) is 22.1. The molecule has 0 atom stereocenters. The van der Waals surface area contributed by atoms with Crippen LogP contribution < -0.4 is 15.5 Å². The number of rotatable bonds is 7. The molecule has 3 aromatic rings. The van der Waals surface area contributed by atoms with E-state index in [1.54, 1.807) is 7.05 Å². The molecular weight excluding hydrogens is 405 g/mol. The smallest absolute Gasteiger partial charge is 0.191 e. The van der Waals surface area contributed by atoms with Crippen LogP contribution in [0.2, 0.25) is 0 Å². The van der Waals surface area contributed by atoms with Gasteiger partial charge >= 0.3 is 0 Å². The standard InChI is InChI=1S/C24H32FN7/c1-3-31-10-12-32(13-11-31)23-7-4-18(15-29-23)16-30-24(26-2)27-9-8-19-17-28-22-14-20(25)5-6-21(19)22/h4-7,14-15,17,28H,3,8-13,16H2,1-2H3,(H2,26,27,30). The van der Waals surface area contributed by atoms with Gasteiger partial charge in [-0.05, 0) is 48.4 Å². The highest BCUT2D eigenvalue weighted by Crippen LogP contribution is 2.19. The van der Waals surface area contributed by atoms with E-state index >= 15 is 0 Å². The molecule has 0 aliphatic carbocycles. The molecule has 0 spiro atoms. The van der Waals surface area contributed by atoms with Gasteiger partial charge in [0.15, 0.2) is 5.96 Å². The lowest BCUT2D eigenvalue weighted by Crippen LogP contribution is -2.46. The summed E-state index contributed by atoms with van der Waals surface area (Å²) in [4.78, 5) is 16.9. The van der Waals surface area contributed by atoms with Gasteiger partial charge in [-0.15, -0.1) is 0 Å². The molecule has 1 saturated heterocycles.